The van der Waals surface area contributed by atoms with Crippen LogP contribution in [0.5, 0.6) is 0 Å². The van der Waals surface area contributed by atoms with Crippen molar-refractivity contribution in [1.82, 2.24) is 0 Å². The molecule has 1 aliphatic heterocycles. The Kier molecular flexibility index (Phi) is 4.77. The number of amides is 1. The molecule has 1 heterocycles. The van der Waals surface area contributed by atoms with Crippen molar-refractivity contribution < 1.29 is 18.3 Å². The molecule has 1 fully saturated rings. The fourth-order valence-electron chi connectivity index (χ4n) is 2.33. The topological polar surface area (TPSA) is 83.5 Å². The number of aryl methyl sites for hydroxylation is 1. The zero-order valence-corrected chi connectivity index (χ0v) is 12.0. The van der Waals surface area contributed by atoms with Crippen LogP contribution in [-0.2, 0) is 21.1 Å². The molecule has 1 aromatic carbocycles. The summed E-state index contributed by atoms with van der Waals surface area (Å²) in [7, 11) is -3.04. The zero-order chi connectivity index (χ0) is 14.6. The molecule has 1 amide bonds. The number of aliphatic hydroxyl groups is 1. The summed E-state index contributed by atoms with van der Waals surface area (Å²) >= 11 is 0. The summed E-state index contributed by atoms with van der Waals surface area (Å²) < 4.78 is 22.7. The smallest absolute Gasteiger partial charge is 0.228 e. The second kappa shape index (κ2) is 6.37. The number of benzene rings is 1. The lowest BCUT2D eigenvalue weighted by Gasteiger charge is -2.10. The van der Waals surface area contributed by atoms with Gasteiger partial charge >= 0.3 is 0 Å². The van der Waals surface area contributed by atoms with Crippen molar-refractivity contribution in [3.8, 4) is 0 Å². The Morgan fingerprint density at radius 2 is 2.20 bits per heavy atom. The first-order valence-corrected chi connectivity index (χ1v) is 8.53. The quantitative estimate of drug-likeness (QED) is 0.849. The highest BCUT2D eigenvalue weighted by Crippen LogP contribution is 2.21. The maximum Gasteiger partial charge on any atom is 0.228 e. The number of hydrogen-bond acceptors (Lipinski definition) is 4. The highest BCUT2D eigenvalue weighted by molar-refractivity contribution is 7.91. The van der Waals surface area contributed by atoms with Crippen LogP contribution in [0, 0.1) is 5.92 Å². The molecule has 6 heteroatoms. The number of rotatable bonds is 5. The van der Waals surface area contributed by atoms with Gasteiger partial charge < -0.3 is 10.4 Å². The molecule has 1 atom stereocenters. The van der Waals surface area contributed by atoms with Crippen molar-refractivity contribution in [2.75, 3.05) is 23.4 Å². The molecule has 0 saturated carbocycles. The molecule has 1 unspecified atom stereocenters. The van der Waals surface area contributed by atoms with E-state index in [-0.39, 0.29) is 24.0 Å². The highest BCUT2D eigenvalue weighted by Gasteiger charge is 2.32. The molecule has 0 spiro atoms. The van der Waals surface area contributed by atoms with E-state index in [4.69, 9.17) is 5.11 Å². The van der Waals surface area contributed by atoms with Gasteiger partial charge in [-0.3, -0.25) is 4.79 Å². The molecular formula is C14H19NO4S. The Morgan fingerprint density at radius 1 is 1.40 bits per heavy atom. The van der Waals surface area contributed by atoms with Gasteiger partial charge in [0, 0.05) is 12.3 Å². The van der Waals surface area contributed by atoms with Crippen LogP contribution in [0.3, 0.4) is 0 Å². The van der Waals surface area contributed by atoms with Gasteiger partial charge in [-0.15, -0.1) is 0 Å². The summed E-state index contributed by atoms with van der Waals surface area (Å²) in [6.45, 7) is 0.135. The maximum absolute atomic E-state index is 12.0. The molecule has 2 rings (SSSR count). The van der Waals surface area contributed by atoms with Gasteiger partial charge in [-0.05, 0) is 37.0 Å². The number of anilines is 1. The molecule has 0 radical (unpaired) electrons. The molecule has 5 nitrogen and oxygen atoms in total. The first-order valence-electron chi connectivity index (χ1n) is 6.71. The van der Waals surface area contributed by atoms with E-state index in [1.165, 1.54) is 0 Å². The lowest BCUT2D eigenvalue weighted by atomic mass is 10.1. The van der Waals surface area contributed by atoms with Crippen LogP contribution >= 0.6 is 0 Å². The van der Waals surface area contributed by atoms with Crippen LogP contribution in [0.4, 0.5) is 5.69 Å². The second-order valence-electron chi connectivity index (χ2n) is 5.12. The van der Waals surface area contributed by atoms with Crippen LogP contribution in [0.1, 0.15) is 18.4 Å². The van der Waals surface area contributed by atoms with E-state index >= 15 is 0 Å². The predicted molar refractivity (Wildman–Crippen MR) is 77.2 cm³/mol. The molecule has 0 bridgehead atoms. The number of sulfone groups is 1. The summed E-state index contributed by atoms with van der Waals surface area (Å²) in [6, 6.07) is 7.42. The fraction of sp³-hybridized carbons (Fsp3) is 0.500. The largest absolute Gasteiger partial charge is 0.396 e. The summed E-state index contributed by atoms with van der Waals surface area (Å²) in [6.07, 6.45) is 1.83. The van der Waals surface area contributed by atoms with Crippen LogP contribution in [0.2, 0.25) is 0 Å². The van der Waals surface area contributed by atoms with E-state index < -0.39 is 15.8 Å². The van der Waals surface area contributed by atoms with E-state index in [2.05, 4.69) is 5.32 Å². The van der Waals surface area contributed by atoms with Crippen molar-refractivity contribution in [2.45, 2.75) is 19.3 Å². The van der Waals surface area contributed by atoms with Crippen molar-refractivity contribution in [2.24, 2.45) is 5.92 Å². The van der Waals surface area contributed by atoms with Crippen LogP contribution in [0.15, 0.2) is 24.3 Å². The van der Waals surface area contributed by atoms with Crippen LogP contribution in [-0.4, -0.2) is 37.5 Å². The maximum atomic E-state index is 12.0. The van der Waals surface area contributed by atoms with E-state index in [1.807, 2.05) is 18.2 Å². The molecule has 1 saturated heterocycles. The number of nitrogens with one attached hydrogen (secondary N) is 1. The van der Waals surface area contributed by atoms with Gasteiger partial charge in [0.2, 0.25) is 5.91 Å². The molecule has 2 N–H and O–H groups in total. The van der Waals surface area contributed by atoms with Gasteiger partial charge in [-0.2, -0.15) is 0 Å². The normalized spacial score (nSPS) is 20.8. The lowest BCUT2D eigenvalue weighted by Crippen LogP contribution is -2.23. The second-order valence-corrected chi connectivity index (χ2v) is 7.35. The number of hydrogen-bond donors (Lipinski definition) is 2. The predicted octanol–water partition coefficient (Wildman–Crippen LogP) is 0.985. The summed E-state index contributed by atoms with van der Waals surface area (Å²) in [5.74, 6) is -0.628. The monoisotopic (exact) mass is 297 g/mol. The number of carbonyl (C=O) groups is 1. The van der Waals surface area contributed by atoms with E-state index in [1.54, 1.807) is 6.07 Å². The Labute approximate surface area is 118 Å². The third-order valence-electron chi connectivity index (χ3n) is 3.42. The summed E-state index contributed by atoms with van der Waals surface area (Å²) in [4.78, 5) is 12.0. The minimum atomic E-state index is -3.04. The van der Waals surface area contributed by atoms with Gasteiger partial charge in [0.15, 0.2) is 9.84 Å². The van der Waals surface area contributed by atoms with Gasteiger partial charge in [0.1, 0.15) is 0 Å². The van der Waals surface area contributed by atoms with Crippen molar-refractivity contribution in [3.05, 3.63) is 29.8 Å². The van der Waals surface area contributed by atoms with Crippen molar-refractivity contribution >= 4 is 21.4 Å². The Morgan fingerprint density at radius 3 is 2.85 bits per heavy atom. The average Bonchev–Trinajstić information content (AvgIpc) is 2.77. The average molecular weight is 297 g/mol. The van der Waals surface area contributed by atoms with Gasteiger partial charge in [0.25, 0.3) is 0 Å². The standard InChI is InChI=1S/C14H19NO4S/c16-7-2-4-11-3-1-5-13(9-11)15-14(17)12-6-8-20(18,19)10-12/h1,3,5,9,12,16H,2,4,6-8,10H2,(H,15,17). The van der Waals surface area contributed by atoms with Crippen molar-refractivity contribution in [1.29, 1.82) is 0 Å². The summed E-state index contributed by atoms with van der Waals surface area (Å²) in [5, 5.41) is 11.6. The molecule has 1 aliphatic rings. The lowest BCUT2D eigenvalue weighted by molar-refractivity contribution is -0.119. The third kappa shape index (κ3) is 4.05. The van der Waals surface area contributed by atoms with Gasteiger partial charge in [-0.1, -0.05) is 12.1 Å². The minimum Gasteiger partial charge on any atom is -0.396 e. The van der Waals surface area contributed by atoms with Crippen molar-refractivity contribution in [3.63, 3.8) is 0 Å². The van der Waals surface area contributed by atoms with E-state index in [0.29, 0.717) is 18.5 Å². The molecule has 1 aromatic rings. The zero-order valence-electron chi connectivity index (χ0n) is 11.2. The van der Waals surface area contributed by atoms with E-state index in [0.717, 1.165) is 12.0 Å². The van der Waals surface area contributed by atoms with Crippen LogP contribution in [0.25, 0.3) is 0 Å². The SMILES string of the molecule is O=C(Nc1cccc(CCCO)c1)C1CCS(=O)(=O)C1. The first kappa shape index (κ1) is 15.0. The van der Waals surface area contributed by atoms with Gasteiger partial charge in [0.05, 0.1) is 17.4 Å². The molecule has 0 aromatic heterocycles. The third-order valence-corrected chi connectivity index (χ3v) is 5.19. The van der Waals surface area contributed by atoms with Crippen LogP contribution < -0.4 is 5.32 Å². The molecule has 0 aliphatic carbocycles. The first-order chi connectivity index (χ1) is 9.50. The number of carbonyl (C=O) groups excluding carboxylic acids is 1. The summed E-state index contributed by atoms with van der Waals surface area (Å²) in [5.41, 5.74) is 1.71. The minimum absolute atomic E-state index is 0.0525. The number of aliphatic hydroxyl groups excluding tert-OH is 1. The Hall–Kier alpha value is -1.40. The Bertz CT molecular complexity index is 583. The molecule has 110 valence electrons. The highest BCUT2D eigenvalue weighted by atomic mass is 32.2. The van der Waals surface area contributed by atoms with Gasteiger partial charge in [-0.25, -0.2) is 8.42 Å². The Balaban J connectivity index is 1.97. The fourth-order valence-corrected chi connectivity index (χ4v) is 4.08. The molecular weight excluding hydrogens is 278 g/mol. The van der Waals surface area contributed by atoms with E-state index in [9.17, 15) is 13.2 Å². The molecule has 20 heavy (non-hydrogen) atoms.